The largest absolute Gasteiger partial charge is 0.278 e. The maximum Gasteiger partial charge on any atom is 0.238 e. The fraction of sp³-hybridized carbons (Fsp3) is 0. The number of fused-ring (bicyclic) bond motifs is 12. The molecule has 14 heteroatoms. The van der Waals surface area contributed by atoms with E-state index in [0.717, 1.165) is 210 Å². The highest BCUT2D eigenvalue weighted by molar-refractivity contribution is 6.15. The molecule has 0 saturated heterocycles. The number of hydrogen-bond donors (Lipinski definition) is 0. The molecule has 0 bridgehead atoms. The first kappa shape index (κ1) is 86.8. The molecule has 0 atom stereocenters. The van der Waals surface area contributed by atoms with Gasteiger partial charge in [-0.3, -0.25) is 18.3 Å². The lowest BCUT2D eigenvalue weighted by Gasteiger charge is -2.13. The molecule has 14 nitrogen and oxygen atoms in total. The fourth-order valence-electron chi connectivity index (χ4n) is 20.8. The van der Waals surface area contributed by atoms with Gasteiger partial charge in [0.15, 0.2) is 23.3 Å². The molecule has 8 aromatic heterocycles. The van der Waals surface area contributed by atoms with Gasteiger partial charge in [-0.25, -0.2) is 29.9 Å². The van der Waals surface area contributed by atoms with Crippen molar-refractivity contribution in [1.82, 2.24) is 68.1 Å². The second-order valence-electron chi connectivity index (χ2n) is 37.0. The van der Waals surface area contributed by atoms with Crippen molar-refractivity contribution in [1.29, 1.82) is 0 Å². The normalized spacial score (nSPS) is 11.5. The van der Waals surface area contributed by atoms with Gasteiger partial charge in [-0.1, -0.05) is 437 Å². The Bertz CT molecular complexity index is 9010. The summed E-state index contributed by atoms with van der Waals surface area (Å²) in [6, 6.07) is 182. The number of para-hydroxylation sites is 4. The van der Waals surface area contributed by atoms with Gasteiger partial charge >= 0.3 is 0 Å². The molecule has 0 unspecified atom stereocenters. The van der Waals surface area contributed by atoms with Crippen LogP contribution in [0.3, 0.4) is 0 Å². The average molecular weight is 1890 g/mol. The minimum atomic E-state index is 0.543. The Labute approximate surface area is 852 Å². The van der Waals surface area contributed by atoms with Crippen molar-refractivity contribution in [3.8, 4) is 181 Å². The predicted molar refractivity (Wildman–Crippen MR) is 604 cm³/mol. The van der Waals surface area contributed by atoms with Gasteiger partial charge in [0, 0.05) is 87.6 Å². The summed E-state index contributed by atoms with van der Waals surface area (Å²) < 4.78 is 8.78. The third-order valence-corrected chi connectivity index (χ3v) is 28.1. The van der Waals surface area contributed by atoms with Crippen LogP contribution < -0.4 is 0 Å². The van der Waals surface area contributed by atoms with E-state index in [2.05, 4.69) is 443 Å². The van der Waals surface area contributed by atoms with Crippen LogP contribution in [-0.4, -0.2) is 68.1 Å². The maximum absolute atomic E-state index is 5.39. The molecular formula is C134H86N14. The van der Waals surface area contributed by atoms with Crippen LogP contribution >= 0.6 is 0 Å². The Kier molecular flexibility index (Phi) is 21.9. The Morgan fingerprint density at radius 1 is 0.101 bits per heavy atom. The number of aromatic nitrogens is 14. The summed E-state index contributed by atoms with van der Waals surface area (Å²) in [5.74, 6) is 4.76. The summed E-state index contributed by atoms with van der Waals surface area (Å²) in [6.07, 6.45) is 0. The third-order valence-electron chi connectivity index (χ3n) is 28.1. The summed E-state index contributed by atoms with van der Waals surface area (Å²) in [7, 11) is 0. The minimum Gasteiger partial charge on any atom is -0.278 e. The van der Waals surface area contributed by atoms with Crippen LogP contribution in [-0.2, 0) is 0 Å². The lowest BCUT2D eigenvalue weighted by Crippen LogP contribution is -2.06. The van der Waals surface area contributed by atoms with Crippen molar-refractivity contribution in [3.63, 3.8) is 0 Å². The predicted octanol–water partition coefficient (Wildman–Crippen LogP) is 33.0. The van der Waals surface area contributed by atoms with Crippen molar-refractivity contribution >= 4 is 87.2 Å². The molecule has 0 spiro atoms. The van der Waals surface area contributed by atoms with E-state index in [1.807, 2.05) is 97.1 Å². The fourth-order valence-corrected chi connectivity index (χ4v) is 20.8. The van der Waals surface area contributed by atoms with Crippen molar-refractivity contribution in [2.45, 2.75) is 0 Å². The smallest absolute Gasteiger partial charge is 0.238 e. The van der Waals surface area contributed by atoms with E-state index in [0.29, 0.717) is 47.1 Å². The van der Waals surface area contributed by atoms with Crippen LogP contribution in [0.2, 0.25) is 0 Å². The maximum atomic E-state index is 5.39. The highest BCUT2D eigenvalue weighted by Gasteiger charge is 2.27. The summed E-state index contributed by atoms with van der Waals surface area (Å²) in [5.41, 5.74) is 33.0. The zero-order valence-corrected chi connectivity index (χ0v) is 79.9. The third kappa shape index (κ3) is 16.2. The molecule has 0 N–H and O–H groups in total. The highest BCUT2D eigenvalue weighted by atomic mass is 15.2. The standard InChI is InChI=1S/C68H44N6.C66H42N8/c1-5-17-45(18-6-1)47-29-33-51(34-30-47)61-44-62(52-35-31-48(32-36-52)46-19-7-2-8-20-46)72-68(71-61)74-64-28-16-14-26-56(64)58-42-54(38-40-66(58)74)53-37-39-65-57(41-53)55-25-13-15-27-63(55)73(65)67-69-59(49-21-9-3-10-22-49)43-60(70-67)50-23-11-4-12-24-50;1-5-17-43(18-6-1)45-29-33-49(34-30-45)63-68-64(50-35-31-46(32-36-50)44-19-7-2-8-20-44)72-66(71-63)74-58-28-16-14-26-54(58)56-42-52(38-40-60(56)74)51-37-39-59-55(41-51)53-25-13-15-27-57(53)73(59)65-69-61(47-21-9-3-10-22-47)67-62(70-65)48-23-11-4-12-24-48/h1-44H;1-42H. The van der Waals surface area contributed by atoms with Gasteiger partial charge in [0.1, 0.15) is 0 Å². The molecule has 692 valence electrons. The number of benzene rings is 20. The first-order valence-corrected chi connectivity index (χ1v) is 49.6. The van der Waals surface area contributed by atoms with E-state index in [1.54, 1.807) is 0 Å². The summed E-state index contributed by atoms with van der Waals surface area (Å²) in [6.45, 7) is 0. The molecule has 28 aromatic rings. The average Bonchev–Trinajstić information content (AvgIpc) is 1.58. The Morgan fingerprint density at radius 3 is 0.493 bits per heavy atom. The van der Waals surface area contributed by atoms with Crippen molar-refractivity contribution in [3.05, 3.63) is 522 Å². The van der Waals surface area contributed by atoms with Gasteiger partial charge < -0.3 is 0 Å². The van der Waals surface area contributed by atoms with Crippen LogP contribution in [0.4, 0.5) is 0 Å². The monoisotopic (exact) mass is 1890 g/mol. The Morgan fingerprint density at radius 2 is 0.257 bits per heavy atom. The molecule has 0 amide bonds. The second-order valence-corrected chi connectivity index (χ2v) is 37.0. The zero-order chi connectivity index (χ0) is 97.9. The van der Waals surface area contributed by atoms with Gasteiger partial charge in [-0.15, -0.1) is 0 Å². The van der Waals surface area contributed by atoms with E-state index in [-0.39, 0.29) is 0 Å². The second kappa shape index (κ2) is 37.3. The van der Waals surface area contributed by atoms with Crippen LogP contribution in [0.15, 0.2) is 522 Å². The molecule has 0 saturated carbocycles. The minimum absolute atomic E-state index is 0.543. The molecule has 28 rings (SSSR count). The van der Waals surface area contributed by atoms with Crippen molar-refractivity contribution < 1.29 is 0 Å². The Hall–Kier alpha value is -20.2. The van der Waals surface area contributed by atoms with E-state index >= 15 is 0 Å². The van der Waals surface area contributed by atoms with E-state index in [1.165, 1.54) is 11.1 Å². The number of hydrogen-bond acceptors (Lipinski definition) is 10. The molecule has 0 radical (unpaired) electrons. The van der Waals surface area contributed by atoms with Crippen LogP contribution in [0.5, 0.6) is 0 Å². The molecule has 20 aromatic carbocycles. The van der Waals surface area contributed by atoms with Crippen LogP contribution in [0.25, 0.3) is 268 Å². The topological polar surface area (TPSA) is 149 Å². The lowest BCUT2D eigenvalue weighted by atomic mass is 10.0. The van der Waals surface area contributed by atoms with Gasteiger partial charge in [0.2, 0.25) is 23.8 Å². The van der Waals surface area contributed by atoms with Crippen molar-refractivity contribution in [2.24, 2.45) is 0 Å². The SMILES string of the molecule is c1ccc(-c2ccc(-c3cc(-c4ccc(-c5ccccc5)cc4)nc(-n4c5ccccc5c5cc(-c6ccc7c(c6)c6ccccc6n7-c6nc(-c7ccccc7)cc(-c7ccccc7)n6)ccc54)n3)cc2)cc1.c1ccc(-c2ccc(-c3nc(-c4ccc(-c5ccccc5)cc4)nc(-n4c5ccccc5c5cc(-c6ccc7c(c6)c6ccccc6n7-c6nc(-c7ccccc7)nc(-c7ccccc7)n6)ccc54)n3)cc2)cc1. The number of nitrogens with zero attached hydrogens (tertiary/aromatic N) is 14. The van der Waals surface area contributed by atoms with Crippen LogP contribution in [0.1, 0.15) is 0 Å². The highest BCUT2D eigenvalue weighted by Crippen LogP contribution is 2.45. The molecule has 0 aliphatic carbocycles. The van der Waals surface area contributed by atoms with Crippen molar-refractivity contribution in [2.75, 3.05) is 0 Å². The molecule has 0 aliphatic heterocycles. The molecule has 148 heavy (non-hydrogen) atoms. The number of rotatable bonds is 18. The summed E-state index contributed by atoms with van der Waals surface area (Å²) in [5, 5.41) is 8.91. The van der Waals surface area contributed by atoms with Crippen LogP contribution in [0, 0.1) is 0 Å². The summed E-state index contributed by atoms with van der Waals surface area (Å²) >= 11 is 0. The Balaban J connectivity index is 0.000000146. The first-order chi connectivity index (χ1) is 73.3. The molecule has 0 aliphatic rings. The van der Waals surface area contributed by atoms with Gasteiger partial charge in [-0.05, 0) is 152 Å². The quantitative estimate of drug-likeness (QED) is 0.0813. The van der Waals surface area contributed by atoms with Gasteiger partial charge in [-0.2, -0.15) is 19.9 Å². The first-order valence-electron chi connectivity index (χ1n) is 49.6. The molecule has 0 fully saturated rings. The van der Waals surface area contributed by atoms with E-state index in [9.17, 15) is 0 Å². The van der Waals surface area contributed by atoms with Gasteiger partial charge in [0.25, 0.3) is 0 Å². The van der Waals surface area contributed by atoms with Gasteiger partial charge in [0.05, 0.1) is 66.9 Å². The summed E-state index contributed by atoms with van der Waals surface area (Å²) in [4.78, 5) is 52.3. The zero-order valence-electron chi connectivity index (χ0n) is 79.9. The van der Waals surface area contributed by atoms with E-state index in [4.69, 9.17) is 49.8 Å². The molecular weight excluding hydrogens is 1810 g/mol. The molecule has 8 heterocycles. The van der Waals surface area contributed by atoms with E-state index < -0.39 is 0 Å². The lowest BCUT2D eigenvalue weighted by molar-refractivity contribution is 0.953.